The van der Waals surface area contributed by atoms with Gasteiger partial charge in [0.15, 0.2) is 0 Å². The highest BCUT2D eigenvalue weighted by Crippen LogP contribution is 2.26. The zero-order valence-corrected chi connectivity index (χ0v) is 14.1. The number of nitrogens with two attached hydrogens (primary N) is 1. The lowest BCUT2D eigenvalue weighted by Crippen LogP contribution is -2.29. The number of hydrogen-bond acceptors (Lipinski definition) is 2. The summed E-state index contributed by atoms with van der Waals surface area (Å²) in [5.74, 6) is 5.42. The second-order valence-corrected chi connectivity index (χ2v) is 6.38. The number of hydrazine groups is 1. The average Bonchev–Trinajstić information content (AvgIpc) is 2.41. The van der Waals surface area contributed by atoms with Crippen LogP contribution < -0.4 is 11.3 Å². The predicted octanol–water partition coefficient (Wildman–Crippen LogP) is 4.41. The van der Waals surface area contributed by atoms with Crippen molar-refractivity contribution in [2.75, 3.05) is 0 Å². The molecule has 0 amide bonds. The van der Waals surface area contributed by atoms with Gasteiger partial charge in [0.25, 0.3) is 0 Å². The van der Waals surface area contributed by atoms with E-state index in [0.29, 0.717) is 6.42 Å². The molecule has 0 aliphatic carbocycles. The highest BCUT2D eigenvalue weighted by atomic mass is 79.9. The summed E-state index contributed by atoms with van der Waals surface area (Å²) in [6.07, 6.45) is 0.679. The standard InChI is InChI=1S/C15H15Br2FN2/c1-9-6-11(3-5-13(9)16)15(20-19)7-10-2-4-12(18)8-14(10)17/h2-6,8,15,20H,7,19H2,1H3. The maximum Gasteiger partial charge on any atom is 0.124 e. The van der Waals surface area contributed by atoms with E-state index in [0.717, 1.165) is 25.6 Å². The molecule has 0 saturated heterocycles. The number of benzene rings is 2. The van der Waals surface area contributed by atoms with Crippen LogP contribution in [0.25, 0.3) is 0 Å². The molecule has 3 N–H and O–H groups in total. The van der Waals surface area contributed by atoms with Crippen molar-refractivity contribution in [1.82, 2.24) is 5.43 Å². The molecule has 0 aliphatic heterocycles. The first-order valence-corrected chi connectivity index (χ1v) is 7.76. The Morgan fingerprint density at radius 3 is 2.50 bits per heavy atom. The van der Waals surface area contributed by atoms with Crippen molar-refractivity contribution in [3.8, 4) is 0 Å². The molecular formula is C15H15Br2FN2. The Kier molecular flexibility index (Phi) is 5.32. The van der Waals surface area contributed by atoms with Crippen LogP contribution in [0.4, 0.5) is 4.39 Å². The Labute approximate surface area is 134 Å². The monoisotopic (exact) mass is 400 g/mol. The molecule has 106 valence electrons. The van der Waals surface area contributed by atoms with Crippen LogP contribution in [0.3, 0.4) is 0 Å². The molecule has 1 atom stereocenters. The molecule has 0 heterocycles. The van der Waals surface area contributed by atoms with Gasteiger partial charge in [0.05, 0.1) is 6.04 Å². The van der Waals surface area contributed by atoms with Gasteiger partial charge in [-0.15, -0.1) is 0 Å². The fraction of sp³-hybridized carbons (Fsp3) is 0.200. The Hall–Kier alpha value is -0.750. The van der Waals surface area contributed by atoms with E-state index in [1.807, 2.05) is 19.1 Å². The zero-order chi connectivity index (χ0) is 14.7. The van der Waals surface area contributed by atoms with Crippen molar-refractivity contribution in [2.24, 2.45) is 5.84 Å². The van der Waals surface area contributed by atoms with Crippen molar-refractivity contribution in [3.63, 3.8) is 0 Å². The first-order chi connectivity index (χ1) is 9.51. The largest absolute Gasteiger partial charge is 0.271 e. The van der Waals surface area contributed by atoms with Gasteiger partial charge in [-0.25, -0.2) is 4.39 Å². The molecule has 2 aromatic carbocycles. The maximum atomic E-state index is 13.1. The molecule has 0 fully saturated rings. The first kappa shape index (κ1) is 15.6. The minimum atomic E-state index is -0.252. The Morgan fingerprint density at radius 2 is 1.90 bits per heavy atom. The van der Waals surface area contributed by atoms with Gasteiger partial charge < -0.3 is 0 Å². The third kappa shape index (κ3) is 3.67. The lowest BCUT2D eigenvalue weighted by molar-refractivity contribution is 0.549. The Balaban J connectivity index is 2.26. The fourth-order valence-corrected chi connectivity index (χ4v) is 2.82. The van der Waals surface area contributed by atoms with Crippen molar-refractivity contribution in [1.29, 1.82) is 0 Å². The van der Waals surface area contributed by atoms with Crippen LogP contribution in [0.5, 0.6) is 0 Å². The van der Waals surface area contributed by atoms with E-state index in [1.54, 1.807) is 6.07 Å². The van der Waals surface area contributed by atoms with Crippen LogP contribution in [-0.4, -0.2) is 0 Å². The van der Waals surface area contributed by atoms with Crippen LogP contribution in [0.2, 0.25) is 0 Å². The van der Waals surface area contributed by atoms with Gasteiger partial charge in [0.2, 0.25) is 0 Å². The average molecular weight is 402 g/mol. The van der Waals surface area contributed by atoms with Crippen molar-refractivity contribution >= 4 is 31.9 Å². The number of nitrogens with one attached hydrogen (secondary N) is 1. The summed E-state index contributed by atoms with van der Waals surface area (Å²) in [5.41, 5.74) is 6.09. The van der Waals surface area contributed by atoms with E-state index in [1.165, 1.54) is 12.1 Å². The summed E-state index contributed by atoms with van der Waals surface area (Å²) in [7, 11) is 0. The van der Waals surface area contributed by atoms with Crippen molar-refractivity contribution in [2.45, 2.75) is 19.4 Å². The normalized spacial score (nSPS) is 12.4. The van der Waals surface area contributed by atoms with E-state index < -0.39 is 0 Å². The maximum absolute atomic E-state index is 13.1. The van der Waals surface area contributed by atoms with Gasteiger partial charge in [-0.2, -0.15) is 0 Å². The fourth-order valence-electron chi connectivity index (χ4n) is 2.06. The minimum absolute atomic E-state index is 0.0245. The highest BCUT2D eigenvalue weighted by Gasteiger charge is 2.13. The quantitative estimate of drug-likeness (QED) is 0.588. The lowest BCUT2D eigenvalue weighted by atomic mass is 9.98. The van der Waals surface area contributed by atoms with Crippen LogP contribution in [0, 0.1) is 12.7 Å². The van der Waals surface area contributed by atoms with Crippen LogP contribution in [0.15, 0.2) is 45.3 Å². The molecule has 0 saturated carbocycles. The van der Waals surface area contributed by atoms with Crippen LogP contribution >= 0.6 is 31.9 Å². The van der Waals surface area contributed by atoms with E-state index in [4.69, 9.17) is 5.84 Å². The van der Waals surface area contributed by atoms with Gasteiger partial charge >= 0.3 is 0 Å². The predicted molar refractivity (Wildman–Crippen MR) is 86.7 cm³/mol. The summed E-state index contributed by atoms with van der Waals surface area (Å²) in [4.78, 5) is 0. The second-order valence-electron chi connectivity index (χ2n) is 4.67. The summed E-state index contributed by atoms with van der Waals surface area (Å²) in [6.45, 7) is 2.04. The summed E-state index contributed by atoms with van der Waals surface area (Å²) < 4.78 is 14.9. The summed E-state index contributed by atoms with van der Waals surface area (Å²) in [5, 5.41) is 0. The molecule has 1 unspecified atom stereocenters. The Bertz CT molecular complexity index is 617. The van der Waals surface area contributed by atoms with Crippen molar-refractivity contribution in [3.05, 3.63) is 67.9 Å². The number of hydrogen-bond donors (Lipinski definition) is 2. The lowest BCUT2D eigenvalue weighted by Gasteiger charge is -2.18. The molecule has 0 spiro atoms. The molecule has 2 nitrogen and oxygen atoms in total. The SMILES string of the molecule is Cc1cc(C(Cc2ccc(F)cc2Br)NN)ccc1Br. The molecule has 2 aromatic rings. The molecular weight excluding hydrogens is 387 g/mol. The van der Waals surface area contributed by atoms with Crippen LogP contribution in [0.1, 0.15) is 22.7 Å². The molecule has 5 heteroatoms. The van der Waals surface area contributed by atoms with Gasteiger partial charge in [0.1, 0.15) is 5.82 Å². The van der Waals surface area contributed by atoms with E-state index in [-0.39, 0.29) is 11.9 Å². The van der Waals surface area contributed by atoms with Gasteiger partial charge in [0, 0.05) is 8.95 Å². The van der Waals surface area contributed by atoms with E-state index >= 15 is 0 Å². The Morgan fingerprint density at radius 1 is 1.15 bits per heavy atom. The summed E-state index contributed by atoms with van der Waals surface area (Å²) >= 11 is 6.87. The molecule has 0 aromatic heterocycles. The van der Waals surface area contributed by atoms with Crippen molar-refractivity contribution < 1.29 is 4.39 Å². The molecule has 0 radical (unpaired) electrons. The summed E-state index contributed by atoms with van der Waals surface area (Å²) in [6, 6.07) is 10.8. The van der Waals surface area contributed by atoms with E-state index in [9.17, 15) is 4.39 Å². The second kappa shape index (κ2) is 6.80. The molecule has 0 aliphatic rings. The van der Waals surface area contributed by atoms with Gasteiger partial charge in [-0.3, -0.25) is 11.3 Å². The smallest absolute Gasteiger partial charge is 0.124 e. The topological polar surface area (TPSA) is 38.0 Å². The highest BCUT2D eigenvalue weighted by molar-refractivity contribution is 9.10. The third-order valence-electron chi connectivity index (χ3n) is 3.22. The van der Waals surface area contributed by atoms with Gasteiger partial charge in [-0.05, 0) is 48.2 Å². The third-order valence-corrected chi connectivity index (χ3v) is 4.85. The molecule has 0 bridgehead atoms. The number of halogens is 3. The number of aryl methyl sites for hydroxylation is 1. The van der Waals surface area contributed by atoms with Crippen LogP contribution in [-0.2, 0) is 6.42 Å². The number of rotatable bonds is 4. The molecule has 20 heavy (non-hydrogen) atoms. The zero-order valence-electron chi connectivity index (χ0n) is 11.0. The van der Waals surface area contributed by atoms with E-state index in [2.05, 4.69) is 43.4 Å². The van der Waals surface area contributed by atoms with Gasteiger partial charge in [-0.1, -0.05) is 50.1 Å². The minimum Gasteiger partial charge on any atom is -0.271 e. The first-order valence-electron chi connectivity index (χ1n) is 6.17. The molecule has 2 rings (SSSR count).